The Balaban J connectivity index is 0.000000317. The lowest BCUT2D eigenvalue weighted by Gasteiger charge is -2.21. The molecule has 0 atom stereocenters. The maximum Gasteiger partial charge on any atom is 0.0658 e. The van der Waals surface area contributed by atoms with Crippen molar-refractivity contribution in [3.8, 4) is 0 Å². The minimum Gasteiger partial charge on any atom is -0.264 e. The first-order valence-electron chi connectivity index (χ1n) is 6.97. The third-order valence-electron chi connectivity index (χ3n) is 3.04. The van der Waals surface area contributed by atoms with Crippen LogP contribution in [-0.2, 0) is 5.54 Å². The van der Waals surface area contributed by atoms with Crippen molar-refractivity contribution in [3.05, 3.63) is 17.5 Å². The Morgan fingerprint density at radius 2 is 1.76 bits per heavy atom. The smallest absolute Gasteiger partial charge is 0.0658 e. The van der Waals surface area contributed by atoms with E-state index in [0.717, 1.165) is 5.92 Å². The summed E-state index contributed by atoms with van der Waals surface area (Å²) in [6.45, 7) is 13.1. The molecule has 0 bridgehead atoms. The standard InChI is InChI=1S/C11H18N2.C4H10/c1-8-7-10(9-5-6-9)12-13(8)11(2,3)4;1-3-4-2/h7,9H,5-6H2,1-4H3;3-4H2,1-2H3. The Hall–Kier alpha value is -0.790. The van der Waals surface area contributed by atoms with Gasteiger partial charge in [-0.2, -0.15) is 5.10 Å². The van der Waals surface area contributed by atoms with Crippen LogP contribution < -0.4 is 0 Å². The van der Waals surface area contributed by atoms with Crippen LogP contribution in [0.5, 0.6) is 0 Å². The molecule has 98 valence electrons. The first kappa shape index (κ1) is 14.3. The highest BCUT2D eigenvalue weighted by atomic mass is 15.3. The normalized spacial score (nSPS) is 15.4. The van der Waals surface area contributed by atoms with Gasteiger partial charge in [-0.3, -0.25) is 4.68 Å². The first-order valence-corrected chi connectivity index (χ1v) is 6.97. The molecule has 0 spiro atoms. The molecule has 0 radical (unpaired) electrons. The molecule has 17 heavy (non-hydrogen) atoms. The molecule has 1 heterocycles. The zero-order valence-corrected chi connectivity index (χ0v) is 12.4. The summed E-state index contributed by atoms with van der Waals surface area (Å²) in [6.07, 6.45) is 5.31. The maximum atomic E-state index is 4.66. The van der Waals surface area contributed by atoms with Gasteiger partial charge in [-0.1, -0.05) is 26.7 Å². The SMILES string of the molecule is CCCC.Cc1cc(C2CC2)nn1C(C)(C)C. The van der Waals surface area contributed by atoms with Gasteiger partial charge in [0.1, 0.15) is 0 Å². The summed E-state index contributed by atoms with van der Waals surface area (Å²) in [5.74, 6) is 0.766. The molecule has 1 fully saturated rings. The fourth-order valence-corrected chi connectivity index (χ4v) is 1.76. The predicted octanol–water partition coefficient (Wildman–Crippen LogP) is 4.63. The first-order chi connectivity index (χ1) is 7.90. The maximum absolute atomic E-state index is 4.66. The summed E-state index contributed by atoms with van der Waals surface area (Å²) in [4.78, 5) is 0. The molecule has 0 aromatic carbocycles. The third kappa shape index (κ3) is 4.18. The molecule has 2 heteroatoms. The lowest BCUT2D eigenvalue weighted by Crippen LogP contribution is -2.24. The summed E-state index contributed by atoms with van der Waals surface area (Å²) in [7, 11) is 0. The van der Waals surface area contributed by atoms with Gasteiger partial charge < -0.3 is 0 Å². The second-order valence-corrected chi connectivity index (χ2v) is 6.07. The van der Waals surface area contributed by atoms with Crippen molar-refractivity contribution in [1.29, 1.82) is 0 Å². The molecule has 0 amide bonds. The summed E-state index contributed by atoms with van der Waals surface area (Å²) in [6, 6.07) is 2.24. The van der Waals surface area contributed by atoms with Crippen LogP contribution in [0, 0.1) is 6.92 Å². The van der Waals surface area contributed by atoms with Crippen LogP contribution in [0.4, 0.5) is 0 Å². The van der Waals surface area contributed by atoms with Crippen molar-refractivity contribution >= 4 is 0 Å². The molecule has 0 aliphatic heterocycles. The quantitative estimate of drug-likeness (QED) is 0.732. The van der Waals surface area contributed by atoms with Crippen LogP contribution in [0.2, 0.25) is 0 Å². The summed E-state index contributed by atoms with van der Waals surface area (Å²) >= 11 is 0. The van der Waals surface area contributed by atoms with Gasteiger partial charge in [-0.05, 0) is 46.6 Å². The highest BCUT2D eigenvalue weighted by Gasteiger charge is 2.28. The van der Waals surface area contributed by atoms with Gasteiger partial charge in [0, 0.05) is 11.6 Å². The van der Waals surface area contributed by atoms with Gasteiger partial charge in [0.15, 0.2) is 0 Å². The van der Waals surface area contributed by atoms with E-state index >= 15 is 0 Å². The number of rotatable bonds is 2. The zero-order valence-electron chi connectivity index (χ0n) is 12.4. The second kappa shape index (κ2) is 5.70. The molecule has 1 aromatic heterocycles. The van der Waals surface area contributed by atoms with E-state index in [9.17, 15) is 0 Å². The molecule has 0 saturated heterocycles. The van der Waals surface area contributed by atoms with E-state index in [2.05, 4.69) is 57.4 Å². The van der Waals surface area contributed by atoms with Crippen molar-refractivity contribution in [2.75, 3.05) is 0 Å². The second-order valence-electron chi connectivity index (χ2n) is 6.07. The van der Waals surface area contributed by atoms with Crippen LogP contribution in [0.3, 0.4) is 0 Å². The number of unbranched alkanes of at least 4 members (excludes halogenated alkanes) is 1. The topological polar surface area (TPSA) is 17.8 Å². The predicted molar refractivity (Wildman–Crippen MR) is 74.5 cm³/mol. The molecule has 2 nitrogen and oxygen atoms in total. The molecule has 0 unspecified atom stereocenters. The largest absolute Gasteiger partial charge is 0.264 e. The fourth-order valence-electron chi connectivity index (χ4n) is 1.76. The Bertz CT molecular complexity index is 338. The van der Waals surface area contributed by atoms with Gasteiger partial charge in [0.05, 0.1) is 11.2 Å². The Morgan fingerprint density at radius 3 is 2.06 bits per heavy atom. The lowest BCUT2D eigenvalue weighted by atomic mass is 10.1. The van der Waals surface area contributed by atoms with Crippen LogP contribution in [0.25, 0.3) is 0 Å². The highest BCUT2D eigenvalue weighted by Crippen LogP contribution is 2.39. The molecule has 2 rings (SSSR count). The summed E-state index contributed by atoms with van der Waals surface area (Å²) in [5.41, 5.74) is 2.71. The van der Waals surface area contributed by atoms with Crippen LogP contribution in [0.1, 0.15) is 77.6 Å². The molecular weight excluding hydrogens is 208 g/mol. The van der Waals surface area contributed by atoms with Crippen molar-refractivity contribution in [1.82, 2.24) is 9.78 Å². The van der Waals surface area contributed by atoms with Crippen LogP contribution >= 0.6 is 0 Å². The van der Waals surface area contributed by atoms with Crippen molar-refractivity contribution in [2.24, 2.45) is 0 Å². The third-order valence-corrected chi connectivity index (χ3v) is 3.04. The number of aryl methyl sites for hydroxylation is 1. The minimum absolute atomic E-state index is 0.122. The fraction of sp³-hybridized carbons (Fsp3) is 0.800. The molecule has 1 aromatic rings. The number of aromatic nitrogens is 2. The highest BCUT2D eigenvalue weighted by molar-refractivity contribution is 5.18. The van der Waals surface area contributed by atoms with E-state index in [4.69, 9.17) is 0 Å². The van der Waals surface area contributed by atoms with E-state index in [1.807, 2.05) is 0 Å². The average Bonchev–Trinajstić information content (AvgIpc) is 3.01. The van der Waals surface area contributed by atoms with Gasteiger partial charge in [0.2, 0.25) is 0 Å². The molecule has 1 aliphatic rings. The minimum atomic E-state index is 0.122. The Labute approximate surface area is 106 Å². The van der Waals surface area contributed by atoms with Crippen molar-refractivity contribution < 1.29 is 0 Å². The van der Waals surface area contributed by atoms with Gasteiger partial charge in [0.25, 0.3) is 0 Å². The van der Waals surface area contributed by atoms with Gasteiger partial charge in [-0.25, -0.2) is 0 Å². The van der Waals surface area contributed by atoms with Crippen molar-refractivity contribution in [3.63, 3.8) is 0 Å². The molecule has 0 N–H and O–H groups in total. The number of nitrogens with zero attached hydrogens (tertiary/aromatic N) is 2. The Morgan fingerprint density at radius 1 is 1.24 bits per heavy atom. The molecule has 1 saturated carbocycles. The lowest BCUT2D eigenvalue weighted by molar-refractivity contribution is 0.346. The van der Waals surface area contributed by atoms with E-state index in [1.165, 1.54) is 37.1 Å². The van der Waals surface area contributed by atoms with E-state index in [-0.39, 0.29) is 5.54 Å². The summed E-state index contributed by atoms with van der Waals surface area (Å²) < 4.78 is 2.14. The molecule has 1 aliphatic carbocycles. The van der Waals surface area contributed by atoms with Crippen molar-refractivity contribution in [2.45, 2.75) is 78.7 Å². The summed E-state index contributed by atoms with van der Waals surface area (Å²) in [5, 5.41) is 4.66. The number of hydrogen-bond acceptors (Lipinski definition) is 1. The van der Waals surface area contributed by atoms with Gasteiger partial charge >= 0.3 is 0 Å². The number of hydrogen-bond donors (Lipinski definition) is 0. The monoisotopic (exact) mass is 236 g/mol. The van der Waals surface area contributed by atoms with Crippen LogP contribution in [0.15, 0.2) is 6.07 Å². The molecular formula is C15H28N2. The van der Waals surface area contributed by atoms with E-state index in [0.29, 0.717) is 0 Å². The van der Waals surface area contributed by atoms with Crippen LogP contribution in [-0.4, -0.2) is 9.78 Å². The zero-order chi connectivity index (χ0) is 13.1. The Kier molecular flexibility index (Phi) is 4.79. The van der Waals surface area contributed by atoms with Gasteiger partial charge in [-0.15, -0.1) is 0 Å². The van der Waals surface area contributed by atoms with E-state index in [1.54, 1.807) is 0 Å². The average molecular weight is 236 g/mol. The van der Waals surface area contributed by atoms with E-state index < -0.39 is 0 Å².